The second kappa shape index (κ2) is 8.95. The van der Waals surface area contributed by atoms with Crippen LogP contribution < -0.4 is 28.8 Å². The number of aryl methyl sites for hydroxylation is 1. The smallest absolute Gasteiger partial charge is 0.343 e. The molecule has 2 N–H and O–H groups in total. The number of hydrogen-bond donors (Lipinski definition) is 2. The molecule has 10 heteroatoms. The zero-order valence-corrected chi connectivity index (χ0v) is 16.2. The topological polar surface area (TPSA) is 166 Å². The molecule has 0 fully saturated rings. The molecule has 0 amide bonds. The summed E-state index contributed by atoms with van der Waals surface area (Å²) < 4.78 is 35.9. The van der Waals surface area contributed by atoms with Gasteiger partial charge in [-0.25, -0.2) is 37.8 Å². The van der Waals surface area contributed by atoms with E-state index in [1.165, 1.54) is 0 Å². The summed E-state index contributed by atoms with van der Waals surface area (Å²) in [4.78, 5) is 26.3. The highest BCUT2D eigenvalue weighted by atomic mass is 35.7. The van der Waals surface area contributed by atoms with Crippen molar-refractivity contribution in [3.63, 3.8) is 0 Å². The molecule has 1 heterocycles. The minimum absolute atomic E-state index is 0.144. The van der Waals surface area contributed by atoms with Crippen molar-refractivity contribution in [3.8, 4) is 16.8 Å². The fourth-order valence-electron chi connectivity index (χ4n) is 2.90. The molecule has 0 aliphatic carbocycles. The van der Waals surface area contributed by atoms with Gasteiger partial charge in [-0.05, 0) is 36.8 Å². The lowest BCUT2D eigenvalue weighted by Gasteiger charge is -2.17. The summed E-state index contributed by atoms with van der Waals surface area (Å²) in [6.45, 7) is 3.70. The number of rotatable bonds is 3. The molecule has 9 nitrogen and oxygen atoms in total. The van der Waals surface area contributed by atoms with Crippen molar-refractivity contribution in [2.45, 2.75) is 13.8 Å². The minimum Gasteiger partial charge on any atom is -0.478 e. The molecule has 0 saturated heterocycles. The van der Waals surface area contributed by atoms with Crippen molar-refractivity contribution >= 4 is 5.97 Å². The number of hydrogen-bond acceptors (Lipinski definition) is 6. The first-order valence-corrected chi connectivity index (χ1v) is 9.39. The maximum Gasteiger partial charge on any atom is 0.343 e. The largest absolute Gasteiger partial charge is 0.478 e. The van der Waals surface area contributed by atoms with Crippen molar-refractivity contribution in [2.24, 2.45) is 0 Å². The van der Waals surface area contributed by atoms with E-state index in [0.29, 0.717) is 11.4 Å². The van der Waals surface area contributed by atoms with Crippen LogP contribution in [0.4, 0.5) is 0 Å². The van der Waals surface area contributed by atoms with Crippen LogP contribution in [-0.4, -0.2) is 16.1 Å². The molecule has 3 aromatic rings. The number of nitrogens with one attached hydrogen (secondary N) is 1. The molecule has 0 spiro atoms. The average molecular weight is 421 g/mol. The monoisotopic (exact) mass is 420 g/mol. The molecular formula is C19H17ClN2O7. The van der Waals surface area contributed by atoms with E-state index in [1.54, 1.807) is 24.3 Å². The SMILES string of the molecule is Cc1[nH]c(=O)c(-c2ccccc2)c(C)[n+]1-c1ccc(C(=O)O)cc1.[O-][Cl+3]([O-])([O-])[O-]. The molecule has 29 heavy (non-hydrogen) atoms. The summed E-state index contributed by atoms with van der Waals surface area (Å²) in [6, 6.07) is 16.0. The number of carboxylic acids is 1. The zero-order valence-electron chi connectivity index (χ0n) is 15.4. The number of nitrogens with zero attached hydrogens (tertiary/aromatic N) is 1. The predicted molar refractivity (Wildman–Crippen MR) is 90.5 cm³/mol. The highest BCUT2D eigenvalue weighted by Crippen LogP contribution is 2.18. The third-order valence-corrected chi connectivity index (χ3v) is 3.99. The van der Waals surface area contributed by atoms with Crippen LogP contribution in [0, 0.1) is 24.1 Å². The Morgan fingerprint density at radius 1 is 0.966 bits per heavy atom. The Morgan fingerprint density at radius 2 is 1.48 bits per heavy atom. The van der Waals surface area contributed by atoms with Crippen molar-refractivity contribution in [1.82, 2.24) is 4.98 Å². The Labute approximate surface area is 167 Å². The average Bonchev–Trinajstić information content (AvgIpc) is 2.61. The molecule has 0 bridgehead atoms. The molecule has 0 aliphatic heterocycles. The van der Waals surface area contributed by atoms with E-state index in [0.717, 1.165) is 16.9 Å². The number of benzene rings is 2. The van der Waals surface area contributed by atoms with Crippen molar-refractivity contribution in [1.29, 1.82) is 0 Å². The quantitative estimate of drug-likeness (QED) is 0.456. The fraction of sp³-hybridized carbons (Fsp3) is 0.105. The Kier molecular flexibility index (Phi) is 6.85. The van der Waals surface area contributed by atoms with Crippen LogP contribution in [0.5, 0.6) is 0 Å². The molecule has 0 radical (unpaired) electrons. The van der Waals surface area contributed by atoms with Gasteiger partial charge in [0.05, 0.1) is 5.56 Å². The number of carboxylic acid groups (broad SMARTS) is 1. The van der Waals surface area contributed by atoms with Gasteiger partial charge in [-0.1, -0.05) is 30.3 Å². The number of aromatic amines is 1. The molecular weight excluding hydrogens is 404 g/mol. The Morgan fingerprint density at radius 3 is 1.97 bits per heavy atom. The van der Waals surface area contributed by atoms with E-state index in [4.69, 9.17) is 23.7 Å². The molecule has 0 saturated carbocycles. The number of aromatic nitrogens is 2. The summed E-state index contributed by atoms with van der Waals surface area (Å²) in [6.07, 6.45) is 0. The molecule has 0 atom stereocenters. The van der Waals surface area contributed by atoms with E-state index in [9.17, 15) is 9.59 Å². The first kappa shape index (κ1) is 22.2. The summed E-state index contributed by atoms with van der Waals surface area (Å²) in [5.41, 5.74) is 3.11. The van der Waals surface area contributed by atoms with Gasteiger partial charge in [-0.15, -0.1) is 10.2 Å². The third kappa shape index (κ3) is 5.95. The fourth-order valence-corrected chi connectivity index (χ4v) is 2.90. The predicted octanol–water partition coefficient (Wildman–Crippen LogP) is -2.12. The maximum atomic E-state index is 12.4. The normalized spacial score (nSPS) is 10.8. The zero-order chi connectivity index (χ0) is 21.8. The minimum atomic E-state index is -4.94. The molecule has 3 rings (SSSR count). The van der Waals surface area contributed by atoms with Gasteiger partial charge in [0.1, 0.15) is 16.9 Å². The van der Waals surface area contributed by atoms with E-state index in [-0.39, 0.29) is 11.1 Å². The molecule has 0 unspecified atom stereocenters. The lowest BCUT2D eigenvalue weighted by Crippen LogP contribution is -2.68. The van der Waals surface area contributed by atoms with Crippen molar-refractivity contribution in [3.05, 3.63) is 82.0 Å². The first-order valence-electron chi connectivity index (χ1n) is 8.15. The van der Waals surface area contributed by atoms with Crippen LogP contribution in [0.3, 0.4) is 0 Å². The highest BCUT2D eigenvalue weighted by Gasteiger charge is 2.20. The third-order valence-electron chi connectivity index (χ3n) is 3.99. The van der Waals surface area contributed by atoms with E-state index in [2.05, 4.69) is 4.98 Å². The standard InChI is InChI=1S/C19H16N2O3.ClHO4/c1-12-17(14-6-4-3-5-7-14)18(22)20-13(2)21(12)16-10-8-15(9-11-16)19(23)24;2-1(3,4)5/h3-11H,1-2H3,(H,23,24);(H,2,3,4,5). The summed E-state index contributed by atoms with van der Waals surface area (Å²) >= 11 is 0. The second-order valence-electron chi connectivity index (χ2n) is 5.93. The van der Waals surface area contributed by atoms with E-state index >= 15 is 0 Å². The second-order valence-corrected chi connectivity index (χ2v) is 6.69. The summed E-state index contributed by atoms with van der Waals surface area (Å²) in [5.74, 6) is -0.285. The van der Waals surface area contributed by atoms with Crippen LogP contribution in [0.15, 0.2) is 59.4 Å². The molecule has 2 aromatic carbocycles. The van der Waals surface area contributed by atoms with Crippen LogP contribution in [0.2, 0.25) is 0 Å². The van der Waals surface area contributed by atoms with Crippen LogP contribution in [0.25, 0.3) is 16.8 Å². The van der Waals surface area contributed by atoms with Gasteiger partial charge in [0, 0.05) is 6.92 Å². The summed E-state index contributed by atoms with van der Waals surface area (Å²) in [7, 11) is -4.94. The molecule has 1 aromatic heterocycles. The molecule has 152 valence electrons. The first-order chi connectivity index (χ1) is 13.5. The maximum absolute atomic E-state index is 12.4. The van der Waals surface area contributed by atoms with Gasteiger partial charge in [0.25, 0.3) is 5.82 Å². The number of aromatic carboxylic acids is 1. The van der Waals surface area contributed by atoms with Gasteiger partial charge in [0.15, 0.2) is 0 Å². The van der Waals surface area contributed by atoms with Gasteiger partial charge in [-0.3, -0.25) is 0 Å². The van der Waals surface area contributed by atoms with Gasteiger partial charge in [-0.2, -0.15) is 0 Å². The van der Waals surface area contributed by atoms with E-state index < -0.39 is 16.2 Å². The Hall–Kier alpha value is -3.08. The number of carbonyl (C=O) groups is 1. The molecule has 0 aliphatic rings. The van der Waals surface area contributed by atoms with Crippen LogP contribution in [-0.2, 0) is 0 Å². The van der Waals surface area contributed by atoms with Gasteiger partial charge in [0.2, 0.25) is 0 Å². The van der Waals surface area contributed by atoms with Crippen LogP contribution in [0.1, 0.15) is 21.9 Å². The van der Waals surface area contributed by atoms with Crippen molar-refractivity contribution < 1.29 is 43.3 Å². The van der Waals surface area contributed by atoms with Crippen molar-refractivity contribution in [2.75, 3.05) is 0 Å². The highest BCUT2D eigenvalue weighted by molar-refractivity contribution is 5.87. The lowest BCUT2D eigenvalue weighted by molar-refractivity contribution is -2.00. The van der Waals surface area contributed by atoms with E-state index in [1.807, 2.05) is 48.7 Å². The Balaban J connectivity index is 0.000000537. The lowest BCUT2D eigenvalue weighted by atomic mass is 10.1. The van der Waals surface area contributed by atoms with Gasteiger partial charge >= 0.3 is 11.5 Å². The van der Waals surface area contributed by atoms with Crippen LogP contribution >= 0.6 is 0 Å². The number of halogens is 1. The Bertz CT molecular complexity index is 1050. The van der Waals surface area contributed by atoms with Gasteiger partial charge < -0.3 is 5.11 Å². The summed E-state index contributed by atoms with van der Waals surface area (Å²) in [5, 5.41) is 9.03. The number of H-pyrrole nitrogens is 1.